The lowest BCUT2D eigenvalue weighted by atomic mass is 9.92. The number of methoxy groups -OCH3 is 1. The Morgan fingerprint density at radius 1 is 1.04 bits per heavy atom. The van der Waals surface area contributed by atoms with E-state index in [-0.39, 0.29) is 6.79 Å². The second-order valence-electron chi connectivity index (χ2n) is 6.39. The fraction of sp³-hybridized carbons (Fsp3) is 0.400. The molecule has 0 spiro atoms. The maximum atomic E-state index is 5.92. The summed E-state index contributed by atoms with van der Waals surface area (Å²) in [5.41, 5.74) is 13.1. The van der Waals surface area contributed by atoms with Crippen molar-refractivity contribution in [3.05, 3.63) is 58.1 Å². The maximum absolute atomic E-state index is 5.92. The Morgan fingerprint density at radius 2 is 1.70 bits per heavy atom. The van der Waals surface area contributed by atoms with Crippen molar-refractivity contribution < 1.29 is 9.47 Å². The minimum atomic E-state index is 0.273. The molecule has 2 N–H and O–H groups in total. The highest BCUT2D eigenvalue weighted by Gasteiger charge is 2.11. The lowest BCUT2D eigenvalue weighted by Gasteiger charge is -2.16. The molecule has 0 radical (unpaired) electrons. The predicted molar refractivity (Wildman–Crippen MR) is 96.2 cm³/mol. The molecule has 23 heavy (non-hydrogen) atoms. The van der Waals surface area contributed by atoms with Crippen LogP contribution in [0, 0.1) is 13.8 Å². The topological polar surface area (TPSA) is 44.5 Å². The molecule has 2 aromatic rings. The van der Waals surface area contributed by atoms with Crippen molar-refractivity contribution in [1.29, 1.82) is 0 Å². The summed E-state index contributed by atoms with van der Waals surface area (Å²) in [6.45, 7) is 8.88. The van der Waals surface area contributed by atoms with Gasteiger partial charge in [0.25, 0.3) is 0 Å². The van der Waals surface area contributed by atoms with Crippen LogP contribution < -0.4 is 10.5 Å². The summed E-state index contributed by atoms with van der Waals surface area (Å²) >= 11 is 0. The largest absolute Gasteiger partial charge is 0.467 e. The zero-order valence-corrected chi connectivity index (χ0v) is 14.8. The van der Waals surface area contributed by atoms with Gasteiger partial charge in [-0.2, -0.15) is 0 Å². The van der Waals surface area contributed by atoms with Gasteiger partial charge in [0.1, 0.15) is 5.75 Å². The molecule has 2 aromatic carbocycles. The normalized spacial score (nSPS) is 11.0. The third-order valence-electron chi connectivity index (χ3n) is 4.13. The number of ether oxygens (including phenoxy) is 2. The molecule has 0 unspecified atom stereocenters. The van der Waals surface area contributed by atoms with E-state index in [1.165, 1.54) is 27.8 Å². The predicted octanol–water partition coefficient (Wildman–Crippen LogP) is 4.58. The van der Waals surface area contributed by atoms with Crippen LogP contribution in [0.3, 0.4) is 0 Å². The van der Waals surface area contributed by atoms with E-state index in [4.69, 9.17) is 15.2 Å². The van der Waals surface area contributed by atoms with Crippen LogP contribution >= 0.6 is 0 Å². The fourth-order valence-corrected chi connectivity index (χ4v) is 2.92. The molecular weight excluding hydrogens is 286 g/mol. The molecule has 3 heteroatoms. The summed E-state index contributed by atoms with van der Waals surface area (Å²) < 4.78 is 10.7. The second kappa shape index (κ2) is 7.51. The van der Waals surface area contributed by atoms with E-state index >= 15 is 0 Å². The summed E-state index contributed by atoms with van der Waals surface area (Å²) in [5.74, 6) is 1.30. The molecular formula is C20H27NO2. The highest BCUT2D eigenvalue weighted by molar-refractivity contribution is 5.51. The van der Waals surface area contributed by atoms with Crippen LogP contribution in [-0.2, 0) is 11.2 Å². The summed E-state index contributed by atoms with van der Waals surface area (Å²) in [7, 11) is 1.63. The number of benzene rings is 2. The molecule has 3 nitrogen and oxygen atoms in total. The number of aryl methyl sites for hydroxylation is 2. The molecule has 124 valence electrons. The summed E-state index contributed by atoms with van der Waals surface area (Å²) in [6, 6.07) is 10.5. The Hall–Kier alpha value is -2.00. The van der Waals surface area contributed by atoms with Crippen molar-refractivity contribution in [2.45, 2.75) is 40.0 Å². The van der Waals surface area contributed by atoms with Crippen LogP contribution in [0.5, 0.6) is 5.75 Å². The van der Waals surface area contributed by atoms with Gasteiger partial charge in [0.05, 0.1) is 0 Å². The fourth-order valence-electron chi connectivity index (χ4n) is 2.92. The molecule has 0 aliphatic carbocycles. The Balaban J connectivity index is 2.32. The van der Waals surface area contributed by atoms with Crippen molar-refractivity contribution in [2.75, 3.05) is 19.6 Å². The zero-order valence-electron chi connectivity index (χ0n) is 14.8. The lowest BCUT2D eigenvalue weighted by Crippen LogP contribution is -2.04. The first-order valence-corrected chi connectivity index (χ1v) is 8.02. The van der Waals surface area contributed by atoms with E-state index in [1.807, 2.05) is 18.2 Å². The highest BCUT2D eigenvalue weighted by atomic mass is 16.7. The molecule has 0 aromatic heterocycles. The van der Waals surface area contributed by atoms with E-state index < -0.39 is 0 Å². The lowest BCUT2D eigenvalue weighted by molar-refractivity contribution is 0.0502. The number of nitrogens with two attached hydrogens (primary N) is 1. The minimum Gasteiger partial charge on any atom is -0.467 e. The Bertz CT molecular complexity index is 654. The third-order valence-corrected chi connectivity index (χ3v) is 4.13. The molecule has 0 aliphatic heterocycles. The smallest absolute Gasteiger partial charge is 0.188 e. The minimum absolute atomic E-state index is 0.273. The number of anilines is 1. The van der Waals surface area contributed by atoms with Crippen molar-refractivity contribution in [3.8, 4) is 5.75 Å². The van der Waals surface area contributed by atoms with Gasteiger partial charge in [-0.3, -0.25) is 0 Å². The van der Waals surface area contributed by atoms with Crippen LogP contribution in [0.1, 0.15) is 47.6 Å². The van der Waals surface area contributed by atoms with E-state index in [2.05, 4.69) is 39.8 Å². The van der Waals surface area contributed by atoms with Gasteiger partial charge in [0, 0.05) is 12.8 Å². The maximum Gasteiger partial charge on any atom is 0.188 e. The summed E-state index contributed by atoms with van der Waals surface area (Å²) in [4.78, 5) is 0. The SMILES string of the molecule is COCOc1ccc(Cc2c(C)cc(N)cc2C)cc1C(C)C. The highest BCUT2D eigenvalue weighted by Crippen LogP contribution is 2.29. The number of hydrogen-bond acceptors (Lipinski definition) is 3. The van der Waals surface area contributed by atoms with Crippen LogP contribution in [-0.4, -0.2) is 13.9 Å². The molecule has 0 fully saturated rings. The standard InChI is InChI=1S/C20H27NO2/c1-13(2)18-10-16(6-7-20(18)23-12-22-5)11-19-14(3)8-17(21)9-15(19)4/h6-10,13H,11-12,21H2,1-5H3. The molecule has 0 heterocycles. The number of rotatable bonds is 6. The van der Waals surface area contributed by atoms with Crippen LogP contribution in [0.25, 0.3) is 0 Å². The Morgan fingerprint density at radius 3 is 2.26 bits per heavy atom. The number of hydrogen-bond donors (Lipinski definition) is 1. The Kier molecular flexibility index (Phi) is 5.67. The van der Waals surface area contributed by atoms with Crippen molar-refractivity contribution in [2.24, 2.45) is 0 Å². The van der Waals surface area contributed by atoms with Gasteiger partial charge in [-0.05, 0) is 72.2 Å². The average molecular weight is 313 g/mol. The van der Waals surface area contributed by atoms with Crippen LogP contribution in [0.15, 0.2) is 30.3 Å². The van der Waals surface area contributed by atoms with Crippen molar-refractivity contribution in [3.63, 3.8) is 0 Å². The number of nitrogen functional groups attached to an aromatic ring is 1. The molecule has 0 bridgehead atoms. The first-order chi connectivity index (χ1) is 10.9. The third kappa shape index (κ3) is 4.26. The van der Waals surface area contributed by atoms with Crippen LogP contribution in [0.4, 0.5) is 5.69 Å². The molecule has 2 rings (SSSR count). The van der Waals surface area contributed by atoms with Crippen molar-refractivity contribution >= 4 is 5.69 Å². The summed E-state index contributed by atoms with van der Waals surface area (Å²) in [6.07, 6.45) is 0.905. The average Bonchev–Trinajstić information content (AvgIpc) is 2.49. The van der Waals surface area contributed by atoms with Crippen molar-refractivity contribution in [1.82, 2.24) is 0 Å². The molecule has 0 atom stereocenters. The van der Waals surface area contributed by atoms with Gasteiger partial charge in [0.15, 0.2) is 6.79 Å². The first kappa shape index (κ1) is 17.4. The molecule has 0 saturated carbocycles. The zero-order chi connectivity index (χ0) is 17.0. The van der Waals surface area contributed by atoms with E-state index in [1.54, 1.807) is 7.11 Å². The second-order valence-corrected chi connectivity index (χ2v) is 6.39. The first-order valence-electron chi connectivity index (χ1n) is 8.02. The monoisotopic (exact) mass is 313 g/mol. The van der Waals surface area contributed by atoms with Gasteiger partial charge in [-0.15, -0.1) is 0 Å². The van der Waals surface area contributed by atoms with E-state index in [0.29, 0.717) is 5.92 Å². The van der Waals surface area contributed by atoms with E-state index in [0.717, 1.165) is 17.9 Å². The van der Waals surface area contributed by atoms with Crippen LogP contribution in [0.2, 0.25) is 0 Å². The van der Waals surface area contributed by atoms with Gasteiger partial charge in [0.2, 0.25) is 0 Å². The van der Waals surface area contributed by atoms with E-state index in [9.17, 15) is 0 Å². The molecule has 0 aliphatic rings. The van der Waals surface area contributed by atoms with Gasteiger partial charge in [-0.1, -0.05) is 26.0 Å². The summed E-state index contributed by atoms with van der Waals surface area (Å²) in [5, 5.41) is 0. The molecule has 0 amide bonds. The van der Waals surface area contributed by atoms with Gasteiger partial charge in [-0.25, -0.2) is 0 Å². The van der Waals surface area contributed by atoms with Gasteiger partial charge >= 0.3 is 0 Å². The van der Waals surface area contributed by atoms with Gasteiger partial charge < -0.3 is 15.2 Å². The quantitative estimate of drug-likeness (QED) is 0.627. The molecule has 0 saturated heterocycles. The Labute approximate surface area is 139 Å².